The third kappa shape index (κ3) is 4.01. The lowest BCUT2D eigenvalue weighted by atomic mass is 10.0. The van der Waals surface area contributed by atoms with Crippen LogP contribution in [-0.2, 0) is 15.5 Å². The molecule has 1 aromatic rings. The van der Waals surface area contributed by atoms with Crippen LogP contribution in [0.2, 0.25) is 5.02 Å². The van der Waals surface area contributed by atoms with Crippen molar-refractivity contribution in [3.8, 4) is 0 Å². The fourth-order valence-corrected chi connectivity index (χ4v) is 2.58. The molecule has 1 rings (SSSR count). The molecule has 0 aliphatic carbocycles. The zero-order chi connectivity index (χ0) is 11.6. The molecule has 0 aliphatic heterocycles. The van der Waals surface area contributed by atoms with E-state index in [1.165, 1.54) is 0 Å². The second kappa shape index (κ2) is 4.73. The maximum atomic E-state index is 10.8. The second-order valence-corrected chi connectivity index (χ2v) is 6.84. The van der Waals surface area contributed by atoms with Crippen LogP contribution in [0.3, 0.4) is 0 Å². The lowest BCUT2D eigenvalue weighted by Crippen LogP contribution is -2.03. The van der Waals surface area contributed by atoms with E-state index in [-0.39, 0.29) is 5.75 Å². The van der Waals surface area contributed by atoms with E-state index in [0.717, 1.165) is 16.7 Å². The Labute approximate surface area is 99.6 Å². The van der Waals surface area contributed by atoms with Crippen LogP contribution >= 0.6 is 22.3 Å². The van der Waals surface area contributed by atoms with Crippen molar-refractivity contribution < 1.29 is 8.42 Å². The monoisotopic (exact) mass is 266 g/mol. The molecule has 0 aromatic heterocycles. The molecule has 1 aromatic carbocycles. The third-order valence-corrected chi connectivity index (χ3v) is 3.65. The highest BCUT2D eigenvalue weighted by Gasteiger charge is 2.10. The van der Waals surface area contributed by atoms with Gasteiger partial charge in [-0.15, -0.1) is 0 Å². The van der Waals surface area contributed by atoms with E-state index < -0.39 is 9.05 Å². The Morgan fingerprint density at radius 3 is 2.33 bits per heavy atom. The Balaban J connectivity index is 2.96. The van der Waals surface area contributed by atoms with Crippen molar-refractivity contribution in [3.63, 3.8) is 0 Å². The van der Waals surface area contributed by atoms with Gasteiger partial charge in [0, 0.05) is 15.7 Å². The minimum atomic E-state index is -3.45. The predicted molar refractivity (Wildman–Crippen MR) is 64.3 cm³/mol. The molecule has 0 N–H and O–H groups in total. The summed E-state index contributed by atoms with van der Waals surface area (Å²) in [5.74, 6) is -0.0851. The number of rotatable bonds is 3. The van der Waals surface area contributed by atoms with Crippen LogP contribution in [0.4, 0.5) is 0 Å². The van der Waals surface area contributed by atoms with Crippen molar-refractivity contribution in [2.45, 2.75) is 20.3 Å². The van der Waals surface area contributed by atoms with Crippen LogP contribution < -0.4 is 0 Å². The number of hydrogen-bond donors (Lipinski definition) is 0. The van der Waals surface area contributed by atoms with E-state index in [2.05, 4.69) is 0 Å². The van der Waals surface area contributed by atoms with Crippen molar-refractivity contribution in [1.82, 2.24) is 0 Å². The molecular weight excluding hydrogens is 255 g/mol. The number of aryl methyl sites for hydroxylation is 2. The Morgan fingerprint density at radius 2 is 1.87 bits per heavy atom. The average Bonchev–Trinajstić information content (AvgIpc) is 1.99. The highest BCUT2D eigenvalue weighted by atomic mass is 35.7. The molecule has 0 fully saturated rings. The van der Waals surface area contributed by atoms with Gasteiger partial charge in [0.1, 0.15) is 0 Å². The summed E-state index contributed by atoms with van der Waals surface area (Å²) in [6.07, 6.45) is 0.358. The summed E-state index contributed by atoms with van der Waals surface area (Å²) in [5, 5.41) is 0.604. The first kappa shape index (κ1) is 12.8. The van der Waals surface area contributed by atoms with E-state index in [1.807, 2.05) is 26.0 Å². The molecule has 0 radical (unpaired) electrons. The maximum Gasteiger partial charge on any atom is 0.232 e. The van der Waals surface area contributed by atoms with Gasteiger partial charge in [-0.25, -0.2) is 8.42 Å². The van der Waals surface area contributed by atoms with Gasteiger partial charge in [0.05, 0.1) is 5.75 Å². The van der Waals surface area contributed by atoms with E-state index in [0.29, 0.717) is 11.4 Å². The Morgan fingerprint density at radius 1 is 1.27 bits per heavy atom. The molecule has 0 heterocycles. The van der Waals surface area contributed by atoms with E-state index in [4.69, 9.17) is 22.3 Å². The topological polar surface area (TPSA) is 34.1 Å². The largest absolute Gasteiger partial charge is 0.232 e. The van der Waals surface area contributed by atoms with Gasteiger partial charge in [-0.3, -0.25) is 0 Å². The quantitative estimate of drug-likeness (QED) is 0.789. The van der Waals surface area contributed by atoms with Crippen LogP contribution in [0.25, 0.3) is 0 Å². The Kier molecular flexibility index (Phi) is 4.04. The zero-order valence-corrected chi connectivity index (χ0v) is 10.9. The molecule has 0 unspecified atom stereocenters. The normalized spacial score (nSPS) is 11.7. The summed E-state index contributed by atoms with van der Waals surface area (Å²) < 4.78 is 21.6. The summed E-state index contributed by atoms with van der Waals surface area (Å²) in [6.45, 7) is 3.86. The van der Waals surface area contributed by atoms with Gasteiger partial charge in [0.25, 0.3) is 0 Å². The smallest absolute Gasteiger partial charge is 0.212 e. The second-order valence-electron chi connectivity index (χ2n) is 3.54. The molecule has 2 nitrogen and oxygen atoms in total. The highest BCUT2D eigenvalue weighted by molar-refractivity contribution is 8.13. The maximum absolute atomic E-state index is 10.8. The van der Waals surface area contributed by atoms with Gasteiger partial charge in [-0.05, 0) is 43.0 Å². The van der Waals surface area contributed by atoms with Gasteiger partial charge in [-0.2, -0.15) is 0 Å². The Hall–Kier alpha value is -0.250. The first-order chi connectivity index (χ1) is 6.79. The fraction of sp³-hybridized carbons (Fsp3) is 0.400. The van der Waals surface area contributed by atoms with Crippen LogP contribution in [0.15, 0.2) is 12.1 Å². The molecular formula is C10H12Cl2O2S. The number of halogens is 2. The minimum absolute atomic E-state index is 0.0851. The van der Waals surface area contributed by atoms with E-state index in [9.17, 15) is 8.42 Å². The summed E-state index contributed by atoms with van der Waals surface area (Å²) in [4.78, 5) is 0. The van der Waals surface area contributed by atoms with E-state index >= 15 is 0 Å². The standard InChI is InChI=1S/C10H12Cl2O2S/c1-7-5-8(2)9(10(11)6-7)3-4-15(12,13)14/h5-6H,3-4H2,1-2H3. The molecule has 0 amide bonds. The third-order valence-electron chi connectivity index (χ3n) is 2.16. The van der Waals surface area contributed by atoms with Crippen molar-refractivity contribution in [2.24, 2.45) is 0 Å². The van der Waals surface area contributed by atoms with Gasteiger partial charge < -0.3 is 0 Å². The molecule has 0 atom stereocenters. The zero-order valence-electron chi connectivity index (χ0n) is 8.55. The van der Waals surface area contributed by atoms with Crippen LogP contribution in [0.5, 0.6) is 0 Å². The van der Waals surface area contributed by atoms with Crippen molar-refractivity contribution in [3.05, 3.63) is 33.8 Å². The van der Waals surface area contributed by atoms with Crippen LogP contribution in [0, 0.1) is 13.8 Å². The lowest BCUT2D eigenvalue weighted by molar-refractivity contribution is 0.609. The number of hydrogen-bond acceptors (Lipinski definition) is 2. The van der Waals surface area contributed by atoms with Gasteiger partial charge >= 0.3 is 0 Å². The predicted octanol–water partition coefficient (Wildman–Crippen LogP) is 3.07. The molecule has 0 saturated heterocycles. The summed E-state index contributed by atoms with van der Waals surface area (Å²) in [7, 11) is 1.70. The average molecular weight is 267 g/mol. The number of benzene rings is 1. The van der Waals surface area contributed by atoms with Gasteiger partial charge in [0.15, 0.2) is 0 Å². The summed E-state index contributed by atoms with van der Waals surface area (Å²) >= 11 is 6.03. The first-order valence-electron chi connectivity index (χ1n) is 4.47. The van der Waals surface area contributed by atoms with Crippen LogP contribution in [0.1, 0.15) is 16.7 Å². The van der Waals surface area contributed by atoms with Crippen LogP contribution in [-0.4, -0.2) is 14.2 Å². The van der Waals surface area contributed by atoms with Crippen molar-refractivity contribution >= 4 is 31.3 Å². The van der Waals surface area contributed by atoms with Crippen molar-refractivity contribution in [1.29, 1.82) is 0 Å². The molecule has 0 saturated carbocycles. The molecule has 5 heteroatoms. The van der Waals surface area contributed by atoms with E-state index in [1.54, 1.807) is 0 Å². The summed E-state index contributed by atoms with van der Waals surface area (Å²) in [5.41, 5.74) is 2.92. The fourth-order valence-electron chi connectivity index (χ4n) is 1.49. The molecule has 0 bridgehead atoms. The summed E-state index contributed by atoms with van der Waals surface area (Å²) in [6, 6.07) is 3.80. The Bertz CT molecular complexity index is 443. The van der Waals surface area contributed by atoms with Gasteiger partial charge in [-0.1, -0.05) is 17.7 Å². The minimum Gasteiger partial charge on any atom is -0.212 e. The molecule has 15 heavy (non-hydrogen) atoms. The molecule has 84 valence electrons. The van der Waals surface area contributed by atoms with Gasteiger partial charge in [0.2, 0.25) is 9.05 Å². The lowest BCUT2D eigenvalue weighted by Gasteiger charge is -2.08. The SMILES string of the molecule is Cc1cc(C)c(CCS(=O)(=O)Cl)c(Cl)c1. The molecule has 0 aliphatic rings. The highest BCUT2D eigenvalue weighted by Crippen LogP contribution is 2.23. The molecule has 0 spiro atoms. The first-order valence-corrected chi connectivity index (χ1v) is 7.33. The van der Waals surface area contributed by atoms with Crippen molar-refractivity contribution in [2.75, 3.05) is 5.75 Å².